The molecule has 9 heteroatoms. The first-order valence-electron chi connectivity index (χ1n) is 8.10. The fraction of sp³-hybridized carbons (Fsp3) is 0.500. The summed E-state index contributed by atoms with van der Waals surface area (Å²) < 4.78 is 0. The minimum absolute atomic E-state index is 0.0165. The average molecular weight is 383 g/mol. The molecule has 0 saturated carbocycles. The van der Waals surface area contributed by atoms with Crippen LogP contribution in [0.5, 0.6) is 0 Å². The van der Waals surface area contributed by atoms with Gasteiger partial charge in [-0.15, -0.1) is 0 Å². The number of nitrogens with one attached hydrogen (secondary N) is 1. The first-order valence-corrected chi connectivity index (χ1v) is 9.30. The van der Waals surface area contributed by atoms with Crippen LogP contribution in [0.1, 0.15) is 41.6 Å². The van der Waals surface area contributed by atoms with Gasteiger partial charge < -0.3 is 15.3 Å². The predicted octanol–water partition coefficient (Wildman–Crippen LogP) is 2.55. The number of aromatic nitrogens is 1. The summed E-state index contributed by atoms with van der Waals surface area (Å²) in [6.07, 6.45) is 2.07. The van der Waals surface area contributed by atoms with Crippen LogP contribution in [0.4, 0.5) is 5.13 Å². The Kier molecular flexibility index (Phi) is 5.10. The summed E-state index contributed by atoms with van der Waals surface area (Å²) in [5.41, 5.74) is 1.96. The maximum atomic E-state index is 12.4. The van der Waals surface area contributed by atoms with Crippen LogP contribution in [0, 0.1) is 6.92 Å². The first-order chi connectivity index (χ1) is 11.9. The number of carbonyl (C=O) groups excluding carboxylic acids is 1. The number of thiazole rings is 1. The molecule has 2 aliphatic heterocycles. The summed E-state index contributed by atoms with van der Waals surface area (Å²) in [4.78, 5) is 34.3. The van der Waals surface area contributed by atoms with E-state index in [1.54, 1.807) is 6.92 Å². The number of allylic oxidation sites excluding steroid dienone is 1. The molecule has 134 valence electrons. The van der Waals surface area contributed by atoms with E-state index in [2.05, 4.69) is 15.3 Å². The maximum Gasteiger partial charge on any atom is 0.347 e. The highest BCUT2D eigenvalue weighted by Gasteiger charge is 2.29. The summed E-state index contributed by atoms with van der Waals surface area (Å²) in [6, 6.07) is -0.0165. The number of carboxylic acids is 1. The van der Waals surface area contributed by atoms with Gasteiger partial charge in [0.05, 0.1) is 5.69 Å². The zero-order valence-electron chi connectivity index (χ0n) is 14.0. The summed E-state index contributed by atoms with van der Waals surface area (Å²) >= 11 is 7.20. The van der Waals surface area contributed by atoms with Crippen LogP contribution in [0.2, 0.25) is 0 Å². The molecule has 2 N–H and O–H groups in total. The predicted molar refractivity (Wildman–Crippen MR) is 97.8 cm³/mol. The number of hydrogen-bond acceptors (Lipinski definition) is 6. The number of aromatic carboxylic acids is 1. The minimum atomic E-state index is -0.958. The van der Waals surface area contributed by atoms with Crippen molar-refractivity contribution in [2.75, 3.05) is 18.0 Å². The molecule has 2 aliphatic rings. The molecule has 7 nitrogen and oxygen atoms in total. The molecule has 0 aromatic carbocycles. The van der Waals surface area contributed by atoms with Gasteiger partial charge in [0.1, 0.15) is 15.7 Å². The lowest BCUT2D eigenvalue weighted by molar-refractivity contribution is -0.115. The molecule has 1 saturated heterocycles. The Morgan fingerprint density at radius 1 is 1.48 bits per heavy atom. The van der Waals surface area contributed by atoms with Crippen molar-refractivity contribution in [2.45, 2.75) is 39.2 Å². The Morgan fingerprint density at radius 2 is 2.24 bits per heavy atom. The zero-order chi connectivity index (χ0) is 18.1. The molecule has 0 bridgehead atoms. The molecule has 1 aromatic rings. The van der Waals surface area contributed by atoms with Gasteiger partial charge in [-0.25, -0.2) is 14.8 Å². The highest BCUT2D eigenvalue weighted by Crippen LogP contribution is 2.29. The number of halogens is 1. The number of aliphatic imine (C=N–C) groups is 1. The van der Waals surface area contributed by atoms with Crippen LogP contribution in [0.25, 0.3) is 0 Å². The highest BCUT2D eigenvalue weighted by molar-refractivity contribution is 7.17. The van der Waals surface area contributed by atoms with Crippen LogP contribution >= 0.6 is 22.9 Å². The lowest BCUT2D eigenvalue weighted by Gasteiger charge is -2.15. The van der Waals surface area contributed by atoms with Crippen LogP contribution in [-0.2, 0) is 4.79 Å². The third kappa shape index (κ3) is 3.69. The van der Waals surface area contributed by atoms with Gasteiger partial charge in [-0.05, 0) is 25.3 Å². The molecule has 0 aliphatic carbocycles. The van der Waals surface area contributed by atoms with E-state index in [-0.39, 0.29) is 16.8 Å². The van der Waals surface area contributed by atoms with Gasteiger partial charge in [0.15, 0.2) is 5.13 Å². The van der Waals surface area contributed by atoms with Crippen LogP contribution < -0.4 is 10.2 Å². The Hall–Kier alpha value is -1.93. The smallest absolute Gasteiger partial charge is 0.347 e. The third-order valence-electron chi connectivity index (χ3n) is 4.37. The van der Waals surface area contributed by atoms with Gasteiger partial charge in [-0.1, -0.05) is 29.9 Å². The van der Waals surface area contributed by atoms with Crippen LogP contribution in [0.3, 0.4) is 0 Å². The summed E-state index contributed by atoms with van der Waals surface area (Å²) in [6.45, 7) is 5.01. The Bertz CT molecular complexity index is 786. The van der Waals surface area contributed by atoms with E-state index >= 15 is 0 Å². The van der Waals surface area contributed by atoms with Gasteiger partial charge in [0, 0.05) is 25.6 Å². The van der Waals surface area contributed by atoms with E-state index in [0.717, 1.165) is 25.0 Å². The topological polar surface area (TPSA) is 94.9 Å². The third-order valence-corrected chi connectivity index (χ3v) is 5.93. The molecule has 0 radical (unpaired) electrons. The summed E-state index contributed by atoms with van der Waals surface area (Å²) in [5.74, 6) is -1.14. The van der Waals surface area contributed by atoms with Gasteiger partial charge in [-0.3, -0.25) is 4.79 Å². The van der Waals surface area contributed by atoms with Crippen molar-refractivity contribution < 1.29 is 14.7 Å². The van der Waals surface area contributed by atoms with Crippen molar-refractivity contribution in [1.82, 2.24) is 10.3 Å². The Morgan fingerprint density at radius 3 is 2.84 bits per heavy atom. The lowest BCUT2D eigenvalue weighted by Crippen LogP contribution is -2.40. The van der Waals surface area contributed by atoms with Crippen molar-refractivity contribution in [2.24, 2.45) is 4.99 Å². The number of amides is 1. The SMILES string of the molecule is CCC1=C(Cl)N=C(C(=O)N[C@H]2CCN(c3nc(C)c(C(=O)O)s3)C2)C1. The van der Waals surface area contributed by atoms with E-state index in [9.17, 15) is 9.59 Å². The molecule has 0 spiro atoms. The Balaban J connectivity index is 1.59. The van der Waals surface area contributed by atoms with Gasteiger partial charge in [0.25, 0.3) is 5.91 Å². The standard InChI is InChI=1S/C16H19ClN4O3S/c1-3-9-6-11(20-13(9)17)14(22)19-10-4-5-21(7-10)16-18-8(2)12(25-16)15(23)24/h10H,3-7H2,1-2H3,(H,19,22)(H,23,24)/t10-/m0/s1. The molecule has 3 rings (SSSR count). The van der Waals surface area contributed by atoms with Crippen molar-refractivity contribution >= 4 is 45.7 Å². The minimum Gasteiger partial charge on any atom is -0.477 e. The van der Waals surface area contributed by atoms with E-state index in [1.807, 2.05) is 11.8 Å². The fourth-order valence-electron chi connectivity index (χ4n) is 2.95. The quantitative estimate of drug-likeness (QED) is 0.763. The zero-order valence-corrected chi connectivity index (χ0v) is 15.6. The summed E-state index contributed by atoms with van der Waals surface area (Å²) in [7, 11) is 0. The van der Waals surface area contributed by atoms with Crippen molar-refractivity contribution in [1.29, 1.82) is 0 Å². The monoisotopic (exact) mass is 382 g/mol. The van der Waals surface area contributed by atoms with Crippen LogP contribution in [0.15, 0.2) is 15.7 Å². The molecule has 1 atom stereocenters. The lowest BCUT2D eigenvalue weighted by atomic mass is 10.1. The van der Waals surface area contributed by atoms with Gasteiger partial charge >= 0.3 is 5.97 Å². The van der Waals surface area contributed by atoms with Crippen molar-refractivity contribution in [3.63, 3.8) is 0 Å². The molecule has 25 heavy (non-hydrogen) atoms. The molecule has 1 aromatic heterocycles. The van der Waals surface area contributed by atoms with E-state index in [1.165, 1.54) is 11.3 Å². The van der Waals surface area contributed by atoms with Crippen LogP contribution in [-0.4, -0.2) is 46.8 Å². The molecular weight excluding hydrogens is 364 g/mol. The number of nitrogens with zero attached hydrogens (tertiary/aromatic N) is 3. The maximum absolute atomic E-state index is 12.4. The van der Waals surface area contributed by atoms with Crippen molar-refractivity contribution in [3.05, 3.63) is 21.3 Å². The van der Waals surface area contributed by atoms with E-state index < -0.39 is 5.97 Å². The average Bonchev–Trinajstić information content (AvgIpc) is 3.25. The number of anilines is 1. The first kappa shape index (κ1) is 17.9. The van der Waals surface area contributed by atoms with E-state index in [0.29, 0.717) is 34.7 Å². The van der Waals surface area contributed by atoms with Crippen molar-refractivity contribution in [3.8, 4) is 0 Å². The number of rotatable bonds is 5. The number of carbonyl (C=O) groups is 2. The molecular formula is C16H19ClN4O3S. The number of hydrogen-bond donors (Lipinski definition) is 2. The van der Waals surface area contributed by atoms with Gasteiger partial charge in [-0.2, -0.15) is 0 Å². The molecule has 1 amide bonds. The fourth-order valence-corrected chi connectivity index (χ4v) is 4.19. The normalized spacial score (nSPS) is 20.2. The summed E-state index contributed by atoms with van der Waals surface area (Å²) in [5, 5.41) is 13.3. The second kappa shape index (κ2) is 7.13. The largest absolute Gasteiger partial charge is 0.477 e. The highest BCUT2D eigenvalue weighted by atomic mass is 35.5. The number of aryl methyl sites for hydroxylation is 1. The second-order valence-corrected chi connectivity index (χ2v) is 7.44. The second-order valence-electron chi connectivity index (χ2n) is 6.10. The van der Waals surface area contributed by atoms with Gasteiger partial charge in [0.2, 0.25) is 0 Å². The van der Waals surface area contributed by atoms with E-state index in [4.69, 9.17) is 16.7 Å². The Labute approximate surface area is 154 Å². The molecule has 1 fully saturated rings. The molecule has 3 heterocycles. The number of carboxylic acid groups (broad SMARTS) is 1. The molecule has 0 unspecified atom stereocenters.